The van der Waals surface area contributed by atoms with Gasteiger partial charge in [0.15, 0.2) is 17.6 Å². The van der Waals surface area contributed by atoms with E-state index < -0.39 is 11.9 Å². The third kappa shape index (κ3) is 2.64. The highest BCUT2D eigenvalue weighted by Crippen LogP contribution is 2.15. The molecule has 0 aliphatic heterocycles. The lowest BCUT2D eigenvalue weighted by atomic mass is 10.3. The highest BCUT2D eigenvalue weighted by Gasteiger charge is 2.24. The second-order valence-electron chi connectivity index (χ2n) is 4.53. The van der Waals surface area contributed by atoms with Crippen LogP contribution in [0.5, 0.6) is 0 Å². The lowest BCUT2D eigenvalue weighted by Crippen LogP contribution is -2.41. The molecular weight excluding hydrogens is 260 g/mol. The standard InChI is InChI=1S/C14H16N2O4/c1-2-12-15(8-7-13(17)18)10-5-3-4-6-11(10)16(12)9-14(19)20/h3-6H,2,7-9H2,1H3,(H-,17,18,19,20)/p+1. The number of carboxylic acids is 2. The van der Waals surface area contributed by atoms with E-state index >= 15 is 0 Å². The van der Waals surface area contributed by atoms with Crippen LogP contribution < -0.4 is 4.57 Å². The van der Waals surface area contributed by atoms with Crippen molar-refractivity contribution in [3.05, 3.63) is 30.1 Å². The lowest BCUT2D eigenvalue weighted by Gasteiger charge is -2.00. The second-order valence-corrected chi connectivity index (χ2v) is 4.53. The molecule has 1 aromatic carbocycles. The zero-order chi connectivity index (χ0) is 14.7. The Hall–Kier alpha value is -2.37. The molecule has 0 fully saturated rings. The predicted octanol–water partition coefficient (Wildman–Crippen LogP) is 1.05. The zero-order valence-corrected chi connectivity index (χ0v) is 11.2. The Morgan fingerprint density at radius 3 is 2.50 bits per heavy atom. The number of aliphatic carboxylic acids is 2. The SMILES string of the molecule is CCc1n(CCC(=O)O)c2ccccc2[n+]1CC(=O)O. The molecule has 1 heterocycles. The molecule has 6 heteroatoms. The van der Waals surface area contributed by atoms with Crippen LogP contribution in [0.25, 0.3) is 11.0 Å². The lowest BCUT2D eigenvalue weighted by molar-refractivity contribution is -0.668. The van der Waals surface area contributed by atoms with E-state index in [4.69, 9.17) is 10.2 Å². The average Bonchev–Trinajstić information content (AvgIpc) is 2.69. The van der Waals surface area contributed by atoms with Gasteiger partial charge in [0.05, 0.1) is 6.42 Å². The van der Waals surface area contributed by atoms with E-state index in [0.717, 1.165) is 16.9 Å². The van der Waals surface area contributed by atoms with Crippen molar-refractivity contribution in [2.45, 2.75) is 32.9 Å². The normalized spacial score (nSPS) is 10.8. The van der Waals surface area contributed by atoms with Gasteiger partial charge in [-0.3, -0.25) is 4.79 Å². The van der Waals surface area contributed by atoms with Crippen molar-refractivity contribution in [2.24, 2.45) is 0 Å². The Balaban J connectivity index is 2.59. The summed E-state index contributed by atoms with van der Waals surface area (Å²) in [5, 5.41) is 17.9. The van der Waals surface area contributed by atoms with Crippen molar-refractivity contribution in [3.63, 3.8) is 0 Å². The highest BCUT2D eigenvalue weighted by molar-refractivity contribution is 5.74. The number of imidazole rings is 1. The van der Waals surface area contributed by atoms with Crippen molar-refractivity contribution >= 4 is 23.0 Å². The van der Waals surface area contributed by atoms with E-state index in [1.807, 2.05) is 35.8 Å². The van der Waals surface area contributed by atoms with Gasteiger partial charge in [0.25, 0.3) is 5.82 Å². The van der Waals surface area contributed by atoms with Gasteiger partial charge in [0, 0.05) is 6.42 Å². The van der Waals surface area contributed by atoms with Gasteiger partial charge < -0.3 is 10.2 Å². The van der Waals surface area contributed by atoms with Crippen molar-refractivity contribution in [1.82, 2.24) is 4.57 Å². The maximum absolute atomic E-state index is 11.0. The molecule has 2 aromatic rings. The largest absolute Gasteiger partial charge is 0.481 e. The fraction of sp³-hybridized carbons (Fsp3) is 0.357. The minimum Gasteiger partial charge on any atom is -0.481 e. The number of carboxylic acid groups (broad SMARTS) is 2. The van der Waals surface area contributed by atoms with Crippen molar-refractivity contribution in [1.29, 1.82) is 0 Å². The Labute approximate surface area is 115 Å². The second kappa shape index (κ2) is 5.73. The summed E-state index contributed by atoms with van der Waals surface area (Å²) in [4.78, 5) is 21.8. The van der Waals surface area contributed by atoms with Gasteiger partial charge in [0.1, 0.15) is 6.54 Å². The maximum atomic E-state index is 11.0. The summed E-state index contributed by atoms with van der Waals surface area (Å²) in [6.07, 6.45) is 0.653. The highest BCUT2D eigenvalue weighted by atomic mass is 16.4. The van der Waals surface area contributed by atoms with Crippen molar-refractivity contribution in [2.75, 3.05) is 0 Å². The Morgan fingerprint density at radius 2 is 1.90 bits per heavy atom. The number of hydrogen-bond donors (Lipinski definition) is 2. The first-order valence-corrected chi connectivity index (χ1v) is 6.48. The van der Waals surface area contributed by atoms with E-state index in [0.29, 0.717) is 13.0 Å². The molecule has 0 radical (unpaired) electrons. The van der Waals surface area contributed by atoms with Gasteiger partial charge in [-0.2, -0.15) is 0 Å². The number of aromatic nitrogens is 2. The average molecular weight is 277 g/mol. The molecule has 0 saturated carbocycles. The first kappa shape index (κ1) is 14.0. The van der Waals surface area contributed by atoms with E-state index in [-0.39, 0.29) is 13.0 Å². The number of para-hydroxylation sites is 2. The summed E-state index contributed by atoms with van der Waals surface area (Å²) in [6.45, 7) is 2.15. The van der Waals surface area contributed by atoms with Gasteiger partial charge in [-0.1, -0.05) is 19.1 Å². The maximum Gasteiger partial charge on any atom is 0.346 e. The minimum atomic E-state index is -0.911. The summed E-state index contributed by atoms with van der Waals surface area (Å²) >= 11 is 0. The summed E-state index contributed by atoms with van der Waals surface area (Å²) < 4.78 is 3.63. The van der Waals surface area contributed by atoms with Crippen molar-refractivity contribution in [3.8, 4) is 0 Å². The fourth-order valence-electron chi connectivity index (χ4n) is 2.49. The fourth-order valence-corrected chi connectivity index (χ4v) is 2.49. The van der Waals surface area contributed by atoms with Crippen LogP contribution >= 0.6 is 0 Å². The minimum absolute atomic E-state index is 0.0126. The predicted molar refractivity (Wildman–Crippen MR) is 71.4 cm³/mol. The summed E-state index contributed by atoms with van der Waals surface area (Å²) in [6, 6.07) is 7.45. The number of rotatable bonds is 6. The van der Waals surface area contributed by atoms with Crippen LogP contribution in [-0.4, -0.2) is 26.7 Å². The zero-order valence-electron chi connectivity index (χ0n) is 11.2. The van der Waals surface area contributed by atoms with Crippen LogP contribution in [0.3, 0.4) is 0 Å². The molecule has 1 aromatic heterocycles. The number of benzene rings is 1. The molecule has 0 amide bonds. The van der Waals surface area contributed by atoms with E-state index in [1.54, 1.807) is 4.57 Å². The van der Waals surface area contributed by atoms with Crippen LogP contribution in [0.2, 0.25) is 0 Å². The molecule has 0 unspecified atom stereocenters. The molecule has 0 saturated heterocycles. The Kier molecular flexibility index (Phi) is 4.02. The molecule has 0 atom stereocenters. The Morgan fingerprint density at radius 1 is 1.20 bits per heavy atom. The summed E-state index contributed by atoms with van der Waals surface area (Å²) in [5.74, 6) is -0.949. The van der Waals surface area contributed by atoms with E-state index in [1.165, 1.54) is 0 Å². The topological polar surface area (TPSA) is 83.4 Å². The number of hydrogen-bond acceptors (Lipinski definition) is 2. The molecule has 6 nitrogen and oxygen atoms in total. The van der Waals surface area contributed by atoms with Crippen LogP contribution in [0, 0.1) is 0 Å². The molecule has 0 bridgehead atoms. The number of aryl methyl sites for hydroxylation is 1. The number of carbonyl (C=O) groups is 2. The van der Waals surface area contributed by atoms with E-state index in [2.05, 4.69) is 0 Å². The molecule has 2 N–H and O–H groups in total. The van der Waals surface area contributed by atoms with Gasteiger partial charge >= 0.3 is 11.9 Å². The summed E-state index contributed by atoms with van der Waals surface area (Å²) in [5.41, 5.74) is 1.68. The molecule has 0 spiro atoms. The quantitative estimate of drug-likeness (QED) is 0.773. The monoisotopic (exact) mass is 277 g/mol. The van der Waals surface area contributed by atoms with Crippen molar-refractivity contribution < 1.29 is 24.4 Å². The summed E-state index contributed by atoms with van der Waals surface area (Å²) in [7, 11) is 0. The third-order valence-corrected chi connectivity index (χ3v) is 3.25. The van der Waals surface area contributed by atoms with Gasteiger partial charge in [-0.05, 0) is 12.1 Å². The smallest absolute Gasteiger partial charge is 0.346 e. The molecule has 106 valence electrons. The molecule has 20 heavy (non-hydrogen) atoms. The third-order valence-electron chi connectivity index (χ3n) is 3.25. The van der Waals surface area contributed by atoms with Crippen LogP contribution in [0.15, 0.2) is 24.3 Å². The first-order chi connectivity index (χ1) is 9.54. The molecule has 2 rings (SSSR count). The molecule has 0 aliphatic rings. The van der Waals surface area contributed by atoms with Gasteiger partial charge in [-0.25, -0.2) is 13.9 Å². The number of fused-ring (bicyclic) bond motifs is 1. The first-order valence-electron chi connectivity index (χ1n) is 6.48. The van der Waals surface area contributed by atoms with Crippen LogP contribution in [0.4, 0.5) is 0 Å². The van der Waals surface area contributed by atoms with Gasteiger partial charge in [0.2, 0.25) is 0 Å². The number of nitrogens with zero attached hydrogens (tertiary/aromatic N) is 2. The molecule has 0 aliphatic carbocycles. The van der Waals surface area contributed by atoms with Crippen LogP contribution in [-0.2, 0) is 29.1 Å². The van der Waals surface area contributed by atoms with E-state index in [9.17, 15) is 9.59 Å². The van der Waals surface area contributed by atoms with Crippen LogP contribution in [0.1, 0.15) is 19.2 Å². The Bertz CT molecular complexity index is 660. The molecular formula is C14H17N2O4+. The van der Waals surface area contributed by atoms with Gasteiger partial charge in [-0.15, -0.1) is 0 Å².